The van der Waals surface area contributed by atoms with Gasteiger partial charge in [0.2, 0.25) is 0 Å². The lowest BCUT2D eigenvalue weighted by atomic mass is 10.0. The first-order valence-corrected chi connectivity index (χ1v) is 11.2. The first-order valence-electron chi connectivity index (χ1n) is 11.2. The molecule has 2 saturated heterocycles. The lowest BCUT2D eigenvalue weighted by Crippen LogP contribution is -2.36. The fourth-order valence-electron chi connectivity index (χ4n) is 4.80. The smallest absolute Gasteiger partial charge is 0.276 e. The van der Waals surface area contributed by atoms with Crippen molar-refractivity contribution >= 4 is 5.91 Å². The number of carbonyl (C=O) groups excluding carboxylic acids is 1. The molecule has 2 aliphatic heterocycles. The molecule has 2 aliphatic rings. The molecule has 4 rings (SSSR count). The molecule has 1 aromatic heterocycles. The molecule has 1 amide bonds. The third-order valence-electron chi connectivity index (χ3n) is 6.48. The van der Waals surface area contributed by atoms with E-state index in [1.54, 1.807) is 14.2 Å². The Morgan fingerprint density at radius 3 is 2.65 bits per heavy atom. The molecule has 2 aromatic rings. The van der Waals surface area contributed by atoms with E-state index in [0.717, 1.165) is 81.0 Å². The summed E-state index contributed by atoms with van der Waals surface area (Å²) in [4.78, 5) is 17.1. The molecule has 0 saturated carbocycles. The van der Waals surface area contributed by atoms with E-state index in [9.17, 15) is 4.79 Å². The van der Waals surface area contributed by atoms with Crippen molar-refractivity contribution < 1.29 is 14.3 Å². The normalized spacial score (nSPS) is 20.0. The van der Waals surface area contributed by atoms with Gasteiger partial charge in [0.25, 0.3) is 5.91 Å². The highest BCUT2D eigenvalue weighted by atomic mass is 16.5. The van der Waals surface area contributed by atoms with Crippen LogP contribution in [0.3, 0.4) is 0 Å². The zero-order valence-electron chi connectivity index (χ0n) is 18.8. The van der Waals surface area contributed by atoms with Crippen molar-refractivity contribution in [2.75, 3.05) is 40.4 Å². The van der Waals surface area contributed by atoms with Gasteiger partial charge in [0.15, 0.2) is 5.69 Å². The fraction of sp³-hybridized carbons (Fsp3) is 0.609. The topological polar surface area (TPSA) is 72.7 Å². The molecule has 1 atom stereocenters. The lowest BCUT2D eigenvalue weighted by molar-refractivity contribution is 0.0718. The highest BCUT2D eigenvalue weighted by Gasteiger charge is 2.26. The summed E-state index contributed by atoms with van der Waals surface area (Å²) in [6.45, 7) is 6.38. The van der Waals surface area contributed by atoms with E-state index in [4.69, 9.17) is 9.47 Å². The quantitative estimate of drug-likeness (QED) is 0.706. The molecule has 31 heavy (non-hydrogen) atoms. The van der Waals surface area contributed by atoms with Gasteiger partial charge in [0.1, 0.15) is 11.5 Å². The van der Waals surface area contributed by atoms with Gasteiger partial charge in [-0.2, -0.15) is 0 Å². The summed E-state index contributed by atoms with van der Waals surface area (Å²) in [5, 5.41) is 8.52. The molecule has 8 heteroatoms. The third kappa shape index (κ3) is 4.69. The molecule has 0 spiro atoms. The van der Waals surface area contributed by atoms with Crippen LogP contribution in [0.4, 0.5) is 0 Å². The summed E-state index contributed by atoms with van der Waals surface area (Å²) in [6, 6.07) is 4.30. The van der Waals surface area contributed by atoms with Crippen LogP contribution >= 0.6 is 0 Å². The highest BCUT2D eigenvalue weighted by Crippen LogP contribution is 2.33. The Morgan fingerprint density at radius 1 is 1.10 bits per heavy atom. The average Bonchev–Trinajstić information content (AvgIpc) is 3.30. The Hall–Kier alpha value is -2.61. The molecule has 3 heterocycles. The molecule has 168 valence electrons. The summed E-state index contributed by atoms with van der Waals surface area (Å²) in [6.07, 6.45) is 7.31. The zero-order chi connectivity index (χ0) is 21.8. The Labute approximate surface area is 184 Å². The number of hydrogen-bond donors (Lipinski definition) is 0. The maximum Gasteiger partial charge on any atom is 0.276 e. The van der Waals surface area contributed by atoms with Crippen LogP contribution < -0.4 is 9.47 Å². The van der Waals surface area contributed by atoms with E-state index in [0.29, 0.717) is 5.69 Å². The molecule has 0 aliphatic carbocycles. The van der Waals surface area contributed by atoms with E-state index >= 15 is 0 Å². The Bertz CT molecular complexity index is 907. The summed E-state index contributed by atoms with van der Waals surface area (Å²) < 4.78 is 13.0. The van der Waals surface area contributed by atoms with Crippen molar-refractivity contribution in [2.24, 2.45) is 0 Å². The van der Waals surface area contributed by atoms with Crippen molar-refractivity contribution in [3.05, 3.63) is 35.2 Å². The molecular weight excluding hydrogens is 394 g/mol. The zero-order valence-corrected chi connectivity index (χ0v) is 18.8. The van der Waals surface area contributed by atoms with Crippen LogP contribution in [0.2, 0.25) is 0 Å². The molecule has 1 aromatic carbocycles. The van der Waals surface area contributed by atoms with Gasteiger partial charge in [-0.1, -0.05) is 11.3 Å². The minimum atomic E-state index is 0.0112. The second-order valence-corrected chi connectivity index (χ2v) is 8.55. The number of carbonyl (C=O) groups is 1. The van der Waals surface area contributed by atoms with E-state index in [1.165, 1.54) is 6.42 Å². The summed E-state index contributed by atoms with van der Waals surface area (Å²) >= 11 is 0. The minimum Gasteiger partial charge on any atom is -0.496 e. The van der Waals surface area contributed by atoms with Gasteiger partial charge in [-0.3, -0.25) is 9.69 Å². The number of nitrogens with zero attached hydrogens (tertiary/aromatic N) is 5. The van der Waals surface area contributed by atoms with Crippen molar-refractivity contribution in [3.8, 4) is 11.5 Å². The highest BCUT2D eigenvalue weighted by molar-refractivity contribution is 5.91. The van der Waals surface area contributed by atoms with Gasteiger partial charge in [-0.05, 0) is 51.6 Å². The summed E-state index contributed by atoms with van der Waals surface area (Å²) in [5.41, 5.74) is 2.64. The van der Waals surface area contributed by atoms with Gasteiger partial charge in [-0.25, -0.2) is 4.68 Å². The Morgan fingerprint density at radius 2 is 1.90 bits per heavy atom. The number of benzene rings is 1. The molecule has 0 N–H and O–H groups in total. The second-order valence-electron chi connectivity index (χ2n) is 8.55. The number of rotatable bonds is 6. The SMILES string of the molecule is COc1ccc(CN2CCCC(n3cc(C(=O)N4CCCCC4)nn3)C2)c(OC)c1C. The number of aromatic nitrogens is 3. The second kappa shape index (κ2) is 9.68. The van der Waals surface area contributed by atoms with Crippen LogP contribution in [0.1, 0.15) is 59.8 Å². The molecule has 8 nitrogen and oxygen atoms in total. The number of ether oxygens (including phenoxy) is 2. The number of methoxy groups -OCH3 is 2. The largest absolute Gasteiger partial charge is 0.496 e. The monoisotopic (exact) mass is 427 g/mol. The molecule has 2 fully saturated rings. The lowest BCUT2D eigenvalue weighted by Gasteiger charge is -2.33. The van der Waals surface area contributed by atoms with Gasteiger partial charge >= 0.3 is 0 Å². The van der Waals surface area contributed by atoms with Crippen LogP contribution in [0.25, 0.3) is 0 Å². The standard InChI is InChI=1S/C23H33N5O3/c1-17-21(30-2)10-9-18(22(17)31-3)14-26-11-7-8-19(15-26)28-16-20(24-25-28)23(29)27-12-5-4-6-13-27/h9-10,16,19H,4-8,11-15H2,1-3H3. The van der Waals surface area contributed by atoms with E-state index < -0.39 is 0 Å². The van der Waals surface area contributed by atoms with Crippen LogP contribution in [-0.4, -0.2) is 71.1 Å². The number of amides is 1. The first kappa shape index (κ1) is 21.6. The Kier molecular flexibility index (Phi) is 6.75. The Balaban J connectivity index is 1.43. The van der Waals surface area contributed by atoms with Crippen molar-refractivity contribution in [2.45, 2.75) is 51.6 Å². The minimum absolute atomic E-state index is 0.0112. The summed E-state index contributed by atoms with van der Waals surface area (Å²) in [5.74, 6) is 1.74. The van der Waals surface area contributed by atoms with Crippen LogP contribution in [-0.2, 0) is 6.54 Å². The van der Waals surface area contributed by atoms with Gasteiger partial charge in [-0.15, -0.1) is 5.10 Å². The van der Waals surface area contributed by atoms with Crippen LogP contribution in [0, 0.1) is 6.92 Å². The molecule has 1 unspecified atom stereocenters. The van der Waals surface area contributed by atoms with Gasteiger partial charge < -0.3 is 14.4 Å². The maximum atomic E-state index is 12.7. The molecule has 0 bridgehead atoms. The molecule has 0 radical (unpaired) electrons. The molecular formula is C23H33N5O3. The fourth-order valence-corrected chi connectivity index (χ4v) is 4.80. The maximum absolute atomic E-state index is 12.7. The van der Waals surface area contributed by atoms with Gasteiger partial charge in [0.05, 0.1) is 26.5 Å². The van der Waals surface area contributed by atoms with Crippen molar-refractivity contribution in [3.63, 3.8) is 0 Å². The van der Waals surface area contributed by atoms with E-state index in [1.807, 2.05) is 28.8 Å². The van der Waals surface area contributed by atoms with Crippen molar-refractivity contribution in [1.29, 1.82) is 0 Å². The number of hydrogen-bond acceptors (Lipinski definition) is 6. The summed E-state index contributed by atoms with van der Waals surface area (Å²) in [7, 11) is 3.39. The predicted octanol–water partition coefficient (Wildman–Crippen LogP) is 3.07. The van der Waals surface area contributed by atoms with Crippen LogP contribution in [0.15, 0.2) is 18.3 Å². The average molecular weight is 428 g/mol. The first-order chi connectivity index (χ1) is 15.1. The van der Waals surface area contributed by atoms with E-state index in [2.05, 4.69) is 21.3 Å². The van der Waals surface area contributed by atoms with Gasteiger partial charge in [0, 0.05) is 37.3 Å². The number of likely N-dealkylation sites (tertiary alicyclic amines) is 2. The third-order valence-corrected chi connectivity index (χ3v) is 6.48. The number of piperidine rings is 2. The van der Waals surface area contributed by atoms with Crippen molar-refractivity contribution in [1.82, 2.24) is 24.8 Å². The van der Waals surface area contributed by atoms with Crippen LogP contribution in [0.5, 0.6) is 11.5 Å². The predicted molar refractivity (Wildman–Crippen MR) is 118 cm³/mol. The van der Waals surface area contributed by atoms with E-state index in [-0.39, 0.29) is 11.9 Å².